The number of para-hydroxylation sites is 1. The Morgan fingerprint density at radius 3 is 2.37 bits per heavy atom. The molecule has 1 fully saturated rings. The lowest BCUT2D eigenvalue weighted by Gasteiger charge is -2.34. The van der Waals surface area contributed by atoms with E-state index >= 15 is 0 Å². The number of benzene rings is 2. The molecule has 0 amide bonds. The molecule has 0 spiro atoms. The lowest BCUT2D eigenvalue weighted by Crippen LogP contribution is -2.38. The summed E-state index contributed by atoms with van der Waals surface area (Å²) in [4.78, 5) is 2.19. The topological polar surface area (TPSA) is 58.5 Å². The van der Waals surface area contributed by atoms with Gasteiger partial charge in [0.2, 0.25) is 0 Å². The molecule has 1 aromatic heterocycles. The van der Waals surface area contributed by atoms with Gasteiger partial charge in [-0.3, -0.25) is 0 Å². The zero-order chi connectivity index (χ0) is 21.1. The lowest BCUT2D eigenvalue weighted by molar-refractivity contribution is -0.139. The number of ether oxygens (including phenoxy) is 1. The molecule has 0 aliphatic carbocycles. The second-order valence-electron chi connectivity index (χ2n) is 7.00. The smallest absolute Gasteiger partial charge is 0.419 e. The molecule has 9 heteroatoms. The molecular weight excluding hydrogens is 415 g/mol. The third-order valence-corrected chi connectivity index (χ3v) is 5.97. The number of alkyl halides is 3. The van der Waals surface area contributed by atoms with Gasteiger partial charge < -0.3 is 14.7 Å². The Kier molecular flexibility index (Phi) is 5.92. The quantitative estimate of drug-likeness (QED) is 0.626. The molecule has 1 aliphatic rings. The maximum Gasteiger partial charge on any atom is 0.419 e. The van der Waals surface area contributed by atoms with E-state index in [1.165, 1.54) is 23.5 Å². The number of piperidine rings is 1. The van der Waals surface area contributed by atoms with Gasteiger partial charge in [0.05, 0.1) is 12.2 Å². The Labute approximate surface area is 175 Å². The van der Waals surface area contributed by atoms with E-state index < -0.39 is 11.7 Å². The third kappa shape index (κ3) is 4.57. The van der Waals surface area contributed by atoms with Crippen molar-refractivity contribution in [1.29, 1.82) is 0 Å². The molecule has 1 aliphatic heterocycles. The van der Waals surface area contributed by atoms with Gasteiger partial charge in [-0.1, -0.05) is 23.5 Å². The second-order valence-corrected chi connectivity index (χ2v) is 8.07. The van der Waals surface area contributed by atoms with Crippen LogP contribution in [0.15, 0.2) is 48.5 Å². The van der Waals surface area contributed by atoms with Crippen LogP contribution in [-0.4, -0.2) is 34.5 Å². The van der Waals surface area contributed by atoms with Crippen molar-refractivity contribution >= 4 is 17.0 Å². The van der Waals surface area contributed by atoms with E-state index in [9.17, 15) is 13.2 Å². The number of aromatic nitrogens is 2. The summed E-state index contributed by atoms with van der Waals surface area (Å²) in [6.07, 6.45) is -3.39. The van der Waals surface area contributed by atoms with Crippen LogP contribution >= 0.6 is 11.3 Å². The van der Waals surface area contributed by atoms with E-state index in [2.05, 4.69) is 15.1 Å². The van der Waals surface area contributed by atoms with Crippen LogP contribution < -0.4 is 9.64 Å². The van der Waals surface area contributed by atoms with Gasteiger partial charge in [-0.15, -0.1) is 10.2 Å². The van der Waals surface area contributed by atoms with Gasteiger partial charge in [0.15, 0.2) is 0 Å². The van der Waals surface area contributed by atoms with E-state index in [0.717, 1.165) is 22.3 Å². The zero-order valence-electron chi connectivity index (χ0n) is 16.0. The minimum absolute atomic E-state index is 0.105. The van der Waals surface area contributed by atoms with E-state index in [-0.39, 0.29) is 18.5 Å². The highest BCUT2D eigenvalue weighted by Gasteiger charge is 2.35. The summed E-state index contributed by atoms with van der Waals surface area (Å²) in [5.41, 5.74) is 1.24. The summed E-state index contributed by atoms with van der Waals surface area (Å²) < 4.78 is 45.2. The van der Waals surface area contributed by atoms with Gasteiger partial charge in [-0.25, -0.2) is 0 Å². The molecular formula is C21H20F3N3O2S. The van der Waals surface area contributed by atoms with Crippen molar-refractivity contribution in [3.8, 4) is 16.3 Å². The first-order valence-electron chi connectivity index (χ1n) is 9.55. The number of aliphatic hydroxyl groups is 1. The van der Waals surface area contributed by atoms with Crippen molar-refractivity contribution in [3.63, 3.8) is 0 Å². The van der Waals surface area contributed by atoms with Crippen LogP contribution in [0.2, 0.25) is 0 Å². The molecule has 0 unspecified atom stereocenters. The molecule has 0 bridgehead atoms. The predicted molar refractivity (Wildman–Crippen MR) is 109 cm³/mol. The highest BCUT2D eigenvalue weighted by Crippen LogP contribution is 2.37. The maximum absolute atomic E-state index is 13.2. The summed E-state index contributed by atoms with van der Waals surface area (Å²) >= 11 is 1.35. The number of hydrogen-bond donors (Lipinski definition) is 1. The van der Waals surface area contributed by atoms with Crippen molar-refractivity contribution in [2.45, 2.75) is 31.7 Å². The summed E-state index contributed by atoms with van der Waals surface area (Å²) in [5.74, 6) is -0.105. The van der Waals surface area contributed by atoms with Crippen molar-refractivity contribution in [2.75, 3.05) is 18.0 Å². The Balaban J connectivity index is 1.37. The van der Waals surface area contributed by atoms with Crippen LogP contribution in [0.1, 0.15) is 23.4 Å². The first-order chi connectivity index (χ1) is 14.4. The van der Waals surface area contributed by atoms with Gasteiger partial charge in [0.1, 0.15) is 21.9 Å². The number of rotatable bonds is 5. The monoisotopic (exact) mass is 435 g/mol. The average Bonchev–Trinajstić information content (AvgIpc) is 3.23. The molecule has 5 nitrogen and oxygen atoms in total. The van der Waals surface area contributed by atoms with E-state index in [1.807, 2.05) is 24.3 Å². The van der Waals surface area contributed by atoms with E-state index in [0.29, 0.717) is 30.9 Å². The van der Waals surface area contributed by atoms with E-state index in [4.69, 9.17) is 9.84 Å². The normalized spacial score (nSPS) is 15.4. The molecule has 1 saturated heterocycles. The number of nitrogens with zero attached hydrogens (tertiary/aromatic N) is 3. The molecule has 0 radical (unpaired) electrons. The second kappa shape index (κ2) is 8.61. The zero-order valence-corrected chi connectivity index (χ0v) is 16.8. The Bertz CT molecular complexity index is 984. The summed E-state index contributed by atoms with van der Waals surface area (Å²) in [5, 5.41) is 18.4. The number of anilines is 1. The molecule has 158 valence electrons. The first kappa shape index (κ1) is 20.6. The van der Waals surface area contributed by atoms with Gasteiger partial charge >= 0.3 is 6.18 Å². The fraction of sp³-hybridized carbons (Fsp3) is 0.333. The van der Waals surface area contributed by atoms with Gasteiger partial charge in [-0.05, 0) is 36.4 Å². The molecule has 30 heavy (non-hydrogen) atoms. The average molecular weight is 435 g/mol. The fourth-order valence-electron chi connectivity index (χ4n) is 3.46. The van der Waals surface area contributed by atoms with Crippen molar-refractivity contribution in [1.82, 2.24) is 10.2 Å². The maximum atomic E-state index is 13.2. The number of halogens is 3. The molecule has 4 rings (SSSR count). The van der Waals surface area contributed by atoms with Crippen molar-refractivity contribution in [3.05, 3.63) is 59.1 Å². The molecule has 2 aromatic carbocycles. The Morgan fingerprint density at radius 2 is 1.73 bits per heavy atom. The Hall–Kier alpha value is -2.65. The van der Waals surface area contributed by atoms with Crippen LogP contribution in [0.4, 0.5) is 18.9 Å². The summed E-state index contributed by atoms with van der Waals surface area (Å²) in [6.45, 7) is 1.28. The van der Waals surface area contributed by atoms with Crippen LogP contribution in [0.3, 0.4) is 0 Å². The highest BCUT2D eigenvalue weighted by molar-refractivity contribution is 7.14. The van der Waals surface area contributed by atoms with E-state index in [1.54, 1.807) is 6.07 Å². The van der Waals surface area contributed by atoms with Crippen LogP contribution in [0.5, 0.6) is 5.75 Å². The lowest BCUT2D eigenvalue weighted by atomic mass is 10.1. The number of aliphatic hydroxyl groups excluding tert-OH is 1. The van der Waals surface area contributed by atoms with Gasteiger partial charge in [-0.2, -0.15) is 13.2 Å². The summed E-state index contributed by atoms with van der Waals surface area (Å²) in [7, 11) is 0. The Morgan fingerprint density at radius 1 is 1.03 bits per heavy atom. The highest BCUT2D eigenvalue weighted by atomic mass is 32.1. The van der Waals surface area contributed by atoms with Crippen molar-refractivity contribution < 1.29 is 23.0 Å². The largest absolute Gasteiger partial charge is 0.490 e. The van der Waals surface area contributed by atoms with Crippen LogP contribution in [0, 0.1) is 0 Å². The molecule has 0 saturated carbocycles. The fourth-order valence-corrected chi connectivity index (χ4v) is 4.17. The third-order valence-electron chi connectivity index (χ3n) is 5.01. The standard InChI is InChI=1S/C21H20F3N3O2S/c22-21(23,24)17-3-1-2-4-18(17)29-16-9-11-27(12-10-16)15-7-5-14(6-8-15)20-26-25-19(13-28)30-20/h1-8,16,28H,9-13H2. The molecule has 3 aromatic rings. The molecule has 1 N–H and O–H groups in total. The SMILES string of the molecule is OCc1nnc(-c2ccc(N3CCC(Oc4ccccc4C(F)(F)F)CC3)cc2)s1. The van der Waals surface area contributed by atoms with Crippen molar-refractivity contribution in [2.24, 2.45) is 0 Å². The summed E-state index contributed by atoms with van der Waals surface area (Å²) in [6, 6.07) is 13.3. The number of hydrogen-bond acceptors (Lipinski definition) is 6. The molecule has 0 atom stereocenters. The minimum Gasteiger partial charge on any atom is -0.490 e. The minimum atomic E-state index is -4.43. The first-order valence-corrected chi connectivity index (χ1v) is 10.4. The van der Waals surface area contributed by atoms with Crippen LogP contribution in [0.25, 0.3) is 10.6 Å². The van der Waals surface area contributed by atoms with Gasteiger partial charge in [0, 0.05) is 37.2 Å². The van der Waals surface area contributed by atoms with Gasteiger partial charge in [0.25, 0.3) is 0 Å². The molecule has 2 heterocycles. The van der Waals surface area contributed by atoms with Crippen LogP contribution in [-0.2, 0) is 12.8 Å². The predicted octanol–water partition coefficient (Wildman–Crippen LogP) is 4.76.